The van der Waals surface area contributed by atoms with Crippen LogP contribution in [0.4, 0.5) is 6.01 Å². The molecule has 1 N–H and O–H groups in total. The molecule has 0 bridgehead atoms. The monoisotopic (exact) mass is 337 g/mol. The molecule has 0 fully saturated rings. The van der Waals surface area contributed by atoms with Crippen LogP contribution in [0.1, 0.15) is 11.5 Å². The van der Waals surface area contributed by atoms with E-state index in [1.165, 1.54) is 6.08 Å². The smallest absolute Gasteiger partial charge is 0.322 e. The zero-order valence-corrected chi connectivity index (χ0v) is 13.6. The van der Waals surface area contributed by atoms with Crippen LogP contribution in [0.15, 0.2) is 76.1 Å². The molecule has 3 aromatic rings. The minimum Gasteiger partial charge on any atom is -0.407 e. The summed E-state index contributed by atoms with van der Waals surface area (Å²) >= 11 is 1.59. The summed E-state index contributed by atoms with van der Waals surface area (Å²) < 4.78 is 5.42. The summed E-state index contributed by atoms with van der Waals surface area (Å²) in [6, 6.07) is 19.6. The molecule has 0 atom stereocenters. The lowest BCUT2D eigenvalue weighted by molar-refractivity contribution is -0.112. The number of benzene rings is 2. The molecule has 0 unspecified atom stereocenters. The van der Waals surface area contributed by atoms with Crippen LogP contribution in [-0.4, -0.2) is 16.1 Å². The molecule has 0 saturated heterocycles. The highest BCUT2D eigenvalue weighted by Gasteiger charge is 2.08. The Morgan fingerprint density at radius 2 is 1.75 bits per heavy atom. The van der Waals surface area contributed by atoms with E-state index in [0.717, 1.165) is 10.5 Å². The number of nitrogens with one attached hydrogen (secondary N) is 1. The van der Waals surface area contributed by atoms with Gasteiger partial charge in [-0.25, -0.2) is 0 Å². The molecular weight excluding hydrogens is 322 g/mol. The molecule has 1 aromatic heterocycles. The Morgan fingerprint density at radius 3 is 2.50 bits per heavy atom. The predicted octanol–water partition coefficient (Wildman–Crippen LogP) is 4.01. The van der Waals surface area contributed by atoms with Crippen molar-refractivity contribution in [3.8, 4) is 0 Å². The van der Waals surface area contributed by atoms with Crippen molar-refractivity contribution in [2.75, 3.05) is 5.32 Å². The first-order valence-corrected chi connectivity index (χ1v) is 8.32. The standard InChI is InChI=1S/C18H15N3O2S/c22-16(12-11-14-7-3-1-4-8-14)19-18-21-20-17(23-18)13-24-15-9-5-2-6-10-15/h1-12H,13H2,(H,19,21,22). The third-order valence-corrected chi connectivity index (χ3v) is 4.03. The molecule has 0 aliphatic rings. The lowest BCUT2D eigenvalue weighted by Crippen LogP contribution is -2.07. The fourth-order valence-electron chi connectivity index (χ4n) is 1.91. The van der Waals surface area contributed by atoms with Gasteiger partial charge >= 0.3 is 6.01 Å². The highest BCUT2D eigenvalue weighted by molar-refractivity contribution is 7.98. The molecule has 5 nitrogen and oxygen atoms in total. The maximum Gasteiger partial charge on any atom is 0.322 e. The molecule has 0 spiro atoms. The van der Waals surface area contributed by atoms with Gasteiger partial charge in [0.2, 0.25) is 5.89 Å². The van der Waals surface area contributed by atoms with Crippen LogP contribution < -0.4 is 5.32 Å². The topological polar surface area (TPSA) is 68.0 Å². The van der Waals surface area contributed by atoms with Gasteiger partial charge in [-0.2, -0.15) is 0 Å². The van der Waals surface area contributed by atoms with Crippen LogP contribution in [0.5, 0.6) is 0 Å². The zero-order chi connectivity index (χ0) is 16.6. The summed E-state index contributed by atoms with van der Waals surface area (Å²) in [5.74, 6) is 0.697. The first-order valence-electron chi connectivity index (χ1n) is 7.34. The predicted molar refractivity (Wildman–Crippen MR) is 94.4 cm³/mol. The summed E-state index contributed by atoms with van der Waals surface area (Å²) in [4.78, 5) is 13.0. The largest absolute Gasteiger partial charge is 0.407 e. The second-order valence-corrected chi connectivity index (χ2v) is 5.88. The van der Waals surface area contributed by atoms with Gasteiger partial charge in [-0.15, -0.1) is 16.9 Å². The molecule has 0 saturated carbocycles. The second-order valence-electron chi connectivity index (χ2n) is 4.84. The van der Waals surface area contributed by atoms with Crippen molar-refractivity contribution in [3.05, 3.63) is 78.2 Å². The highest BCUT2D eigenvalue weighted by Crippen LogP contribution is 2.22. The number of thioether (sulfide) groups is 1. The van der Waals surface area contributed by atoms with E-state index in [0.29, 0.717) is 11.6 Å². The summed E-state index contributed by atoms with van der Waals surface area (Å²) in [5.41, 5.74) is 0.943. The van der Waals surface area contributed by atoms with Crippen LogP contribution in [0.25, 0.3) is 6.08 Å². The minimum absolute atomic E-state index is 0.0985. The van der Waals surface area contributed by atoms with Crippen molar-refractivity contribution >= 4 is 29.8 Å². The molecule has 1 heterocycles. The van der Waals surface area contributed by atoms with E-state index in [-0.39, 0.29) is 11.9 Å². The molecule has 24 heavy (non-hydrogen) atoms. The Kier molecular flexibility index (Phi) is 5.42. The molecule has 1 amide bonds. The van der Waals surface area contributed by atoms with Crippen LogP contribution in [-0.2, 0) is 10.5 Å². The van der Waals surface area contributed by atoms with Gasteiger partial charge in [0.05, 0.1) is 5.75 Å². The lowest BCUT2D eigenvalue weighted by atomic mass is 10.2. The quantitative estimate of drug-likeness (QED) is 0.543. The second kappa shape index (κ2) is 8.12. The Labute approximate surface area is 143 Å². The Bertz CT molecular complexity index is 817. The first-order chi connectivity index (χ1) is 11.8. The summed E-state index contributed by atoms with van der Waals surface area (Å²) in [5, 5.41) is 10.3. The maximum absolute atomic E-state index is 11.8. The molecule has 0 radical (unpaired) electrons. The van der Waals surface area contributed by atoms with Crippen LogP contribution in [0, 0.1) is 0 Å². The average Bonchev–Trinajstić information content (AvgIpc) is 3.07. The number of aromatic nitrogens is 2. The SMILES string of the molecule is O=C(C=Cc1ccccc1)Nc1nnc(CSc2ccccc2)o1. The summed E-state index contributed by atoms with van der Waals surface area (Å²) in [7, 11) is 0. The van der Waals surface area contributed by atoms with Gasteiger partial charge in [-0.05, 0) is 23.8 Å². The van der Waals surface area contributed by atoms with Crippen LogP contribution in [0.3, 0.4) is 0 Å². The normalized spacial score (nSPS) is 10.8. The zero-order valence-electron chi connectivity index (χ0n) is 12.8. The molecule has 2 aromatic carbocycles. The molecule has 6 heteroatoms. The average molecular weight is 337 g/mol. The Hall–Kier alpha value is -2.86. The van der Waals surface area contributed by atoms with Crippen molar-refractivity contribution < 1.29 is 9.21 Å². The summed E-state index contributed by atoms with van der Waals surface area (Å²) in [6.45, 7) is 0. The van der Waals surface area contributed by atoms with E-state index >= 15 is 0 Å². The first kappa shape index (κ1) is 16.0. The molecule has 0 aliphatic heterocycles. The van der Waals surface area contributed by atoms with Gasteiger partial charge in [0.1, 0.15) is 0 Å². The van der Waals surface area contributed by atoms with E-state index in [9.17, 15) is 4.79 Å². The number of anilines is 1. The summed E-state index contributed by atoms with van der Waals surface area (Å²) in [6.07, 6.45) is 3.15. The van der Waals surface area contributed by atoms with Crippen LogP contribution in [0.2, 0.25) is 0 Å². The van der Waals surface area contributed by atoms with E-state index in [1.54, 1.807) is 17.8 Å². The van der Waals surface area contributed by atoms with Gasteiger partial charge in [-0.1, -0.05) is 53.6 Å². The number of rotatable bonds is 6. The third kappa shape index (κ3) is 4.82. The van der Waals surface area contributed by atoms with Crippen molar-refractivity contribution in [2.24, 2.45) is 0 Å². The highest BCUT2D eigenvalue weighted by atomic mass is 32.2. The Balaban J connectivity index is 1.52. The van der Waals surface area contributed by atoms with Crippen molar-refractivity contribution in [2.45, 2.75) is 10.6 Å². The number of hydrogen-bond acceptors (Lipinski definition) is 5. The fourth-order valence-corrected chi connectivity index (χ4v) is 2.66. The van der Waals surface area contributed by atoms with E-state index < -0.39 is 0 Å². The van der Waals surface area contributed by atoms with Gasteiger partial charge in [-0.3, -0.25) is 10.1 Å². The van der Waals surface area contributed by atoms with Crippen molar-refractivity contribution in [3.63, 3.8) is 0 Å². The minimum atomic E-state index is -0.315. The van der Waals surface area contributed by atoms with Gasteiger partial charge in [0.25, 0.3) is 5.91 Å². The van der Waals surface area contributed by atoms with E-state index in [1.807, 2.05) is 60.7 Å². The van der Waals surface area contributed by atoms with Gasteiger partial charge < -0.3 is 4.42 Å². The number of carbonyl (C=O) groups is 1. The van der Waals surface area contributed by atoms with Crippen molar-refractivity contribution in [1.29, 1.82) is 0 Å². The van der Waals surface area contributed by atoms with Crippen LogP contribution >= 0.6 is 11.8 Å². The molecule has 0 aliphatic carbocycles. The molecule has 3 rings (SSSR count). The maximum atomic E-state index is 11.8. The number of hydrogen-bond donors (Lipinski definition) is 1. The fraction of sp³-hybridized carbons (Fsp3) is 0.0556. The number of amides is 1. The Morgan fingerprint density at radius 1 is 1.04 bits per heavy atom. The molecule has 120 valence electrons. The van der Waals surface area contributed by atoms with Crippen molar-refractivity contribution in [1.82, 2.24) is 10.2 Å². The van der Waals surface area contributed by atoms with Gasteiger partial charge in [0, 0.05) is 11.0 Å². The van der Waals surface area contributed by atoms with E-state index in [4.69, 9.17) is 4.42 Å². The van der Waals surface area contributed by atoms with Gasteiger partial charge in [0.15, 0.2) is 0 Å². The number of carbonyl (C=O) groups excluding carboxylic acids is 1. The van der Waals surface area contributed by atoms with E-state index in [2.05, 4.69) is 15.5 Å². The lowest BCUT2D eigenvalue weighted by Gasteiger charge is -1.97. The number of nitrogens with zero attached hydrogens (tertiary/aromatic N) is 2. The molecular formula is C18H15N3O2S. The third-order valence-electron chi connectivity index (χ3n) is 3.03.